The predicted molar refractivity (Wildman–Crippen MR) is 159 cm³/mol. The maximum atomic E-state index is 13.7. The van der Waals surface area contributed by atoms with Gasteiger partial charge in [0.2, 0.25) is 5.91 Å². The Morgan fingerprint density at radius 3 is 2.54 bits per heavy atom. The number of benzene rings is 2. The van der Waals surface area contributed by atoms with Gasteiger partial charge in [0, 0.05) is 24.8 Å². The number of methoxy groups -OCH3 is 1. The van der Waals surface area contributed by atoms with Crippen LogP contribution in [0.25, 0.3) is 0 Å². The number of likely N-dealkylation sites (tertiary alicyclic amines) is 1. The van der Waals surface area contributed by atoms with Crippen molar-refractivity contribution in [2.75, 3.05) is 50.1 Å². The summed E-state index contributed by atoms with van der Waals surface area (Å²) in [5.41, 5.74) is 2.19. The zero-order valence-electron chi connectivity index (χ0n) is 23.7. The summed E-state index contributed by atoms with van der Waals surface area (Å²) < 4.78 is 5.20. The summed E-state index contributed by atoms with van der Waals surface area (Å²) in [5.74, 6) is 1.44. The number of rotatable bonds is 9. The normalized spacial score (nSPS) is 15.4. The number of fused-ring (bicyclic) bond motifs is 2. The molecular weight excluding hydrogens is 518 g/mol. The summed E-state index contributed by atoms with van der Waals surface area (Å²) in [6.07, 6.45) is 5.66. The van der Waals surface area contributed by atoms with Crippen molar-refractivity contribution < 1.29 is 19.1 Å². The molecule has 2 aliphatic rings. The largest absolute Gasteiger partial charge is 0.497 e. The Kier molecular flexibility index (Phi) is 8.94. The summed E-state index contributed by atoms with van der Waals surface area (Å²) in [5, 5.41) is 2.89. The van der Waals surface area contributed by atoms with Crippen LogP contribution in [0.1, 0.15) is 53.3 Å². The van der Waals surface area contributed by atoms with E-state index in [2.05, 4.69) is 15.2 Å². The molecule has 0 atom stereocenters. The van der Waals surface area contributed by atoms with E-state index in [0.29, 0.717) is 40.8 Å². The van der Waals surface area contributed by atoms with Crippen LogP contribution in [-0.4, -0.2) is 72.3 Å². The zero-order chi connectivity index (χ0) is 28.8. The second-order valence-corrected chi connectivity index (χ2v) is 10.6. The highest BCUT2D eigenvalue weighted by molar-refractivity contribution is 6.17. The molecule has 2 aliphatic heterocycles. The number of ether oxygens (including phenoxy) is 1. The number of nitrogens with one attached hydrogen (secondary N) is 1. The minimum atomic E-state index is -0.252. The van der Waals surface area contributed by atoms with Crippen molar-refractivity contribution >= 4 is 34.9 Å². The summed E-state index contributed by atoms with van der Waals surface area (Å²) in [4.78, 5) is 49.6. The van der Waals surface area contributed by atoms with Crippen LogP contribution in [0.15, 0.2) is 66.9 Å². The van der Waals surface area contributed by atoms with Crippen LogP contribution in [-0.2, 0) is 4.79 Å². The second-order valence-electron chi connectivity index (χ2n) is 10.6. The van der Waals surface area contributed by atoms with Crippen molar-refractivity contribution in [1.82, 2.24) is 14.8 Å². The predicted octanol–water partition coefficient (Wildman–Crippen LogP) is 4.98. The molecule has 9 heteroatoms. The number of anilines is 3. The first-order valence-electron chi connectivity index (χ1n) is 14.3. The molecule has 0 unspecified atom stereocenters. The Morgan fingerprint density at radius 1 is 1.05 bits per heavy atom. The lowest BCUT2D eigenvalue weighted by atomic mass is 9.92. The van der Waals surface area contributed by atoms with Gasteiger partial charge < -0.3 is 15.0 Å². The molecule has 1 aromatic heterocycles. The third-order valence-electron chi connectivity index (χ3n) is 8.00. The number of hydrogen-bond acceptors (Lipinski definition) is 6. The highest BCUT2D eigenvalue weighted by Crippen LogP contribution is 2.36. The van der Waals surface area contributed by atoms with Crippen LogP contribution >= 0.6 is 0 Å². The van der Waals surface area contributed by atoms with E-state index >= 15 is 0 Å². The first-order chi connectivity index (χ1) is 20.0. The highest BCUT2D eigenvalue weighted by Gasteiger charge is 2.31. The van der Waals surface area contributed by atoms with Crippen molar-refractivity contribution in [3.05, 3.63) is 78.0 Å². The number of pyridine rings is 1. The first kappa shape index (κ1) is 28.3. The van der Waals surface area contributed by atoms with Crippen molar-refractivity contribution in [2.24, 2.45) is 5.92 Å². The summed E-state index contributed by atoms with van der Waals surface area (Å²) >= 11 is 0. The molecule has 5 rings (SSSR count). The molecule has 0 spiro atoms. The SMILES string of the molecule is CCN(CCCC1CCN(CC(=O)N2c3ccccc3C(=O)Nc3cccnc32)CC1)C(=O)c1ccc(OC)cc1. The molecule has 0 aliphatic carbocycles. The zero-order valence-corrected chi connectivity index (χ0v) is 23.7. The fraction of sp³-hybridized carbons (Fsp3) is 0.375. The first-order valence-corrected chi connectivity index (χ1v) is 14.3. The van der Waals surface area contributed by atoms with Crippen LogP contribution in [0.5, 0.6) is 5.75 Å². The molecule has 3 heterocycles. The lowest BCUT2D eigenvalue weighted by Gasteiger charge is -2.33. The fourth-order valence-corrected chi connectivity index (χ4v) is 5.68. The monoisotopic (exact) mass is 555 g/mol. The van der Waals surface area contributed by atoms with Crippen LogP contribution in [0.4, 0.5) is 17.2 Å². The molecule has 0 bridgehead atoms. The van der Waals surface area contributed by atoms with E-state index in [-0.39, 0.29) is 24.3 Å². The number of amides is 3. The van der Waals surface area contributed by atoms with Gasteiger partial charge in [-0.1, -0.05) is 12.1 Å². The number of nitrogens with zero attached hydrogens (tertiary/aromatic N) is 4. The second kappa shape index (κ2) is 13.0. The number of carbonyl (C=O) groups is 3. The van der Waals surface area contributed by atoms with E-state index < -0.39 is 0 Å². The maximum absolute atomic E-state index is 13.7. The van der Waals surface area contributed by atoms with E-state index in [0.717, 1.165) is 51.1 Å². The Bertz CT molecular complexity index is 1380. The Morgan fingerprint density at radius 2 is 1.80 bits per heavy atom. The fourth-order valence-electron chi connectivity index (χ4n) is 5.68. The lowest BCUT2D eigenvalue weighted by molar-refractivity contribution is -0.119. The van der Waals surface area contributed by atoms with Gasteiger partial charge in [-0.3, -0.25) is 24.2 Å². The number of piperidine rings is 1. The standard InChI is InChI=1S/C32H37N5O4/c1-3-36(32(40)24-12-14-25(41-2)15-13-24)19-7-8-23-16-20-35(21-17-23)22-29(38)37-28-11-5-4-9-26(28)31(39)34-27-10-6-18-33-30(27)37/h4-6,9-15,18,23H,3,7-8,16-17,19-22H2,1-2H3,(H,34,39). The molecule has 1 fully saturated rings. The highest BCUT2D eigenvalue weighted by atomic mass is 16.5. The molecule has 3 aromatic rings. The Hall–Kier alpha value is -4.24. The number of aromatic nitrogens is 1. The lowest BCUT2D eigenvalue weighted by Crippen LogP contribution is -2.42. The smallest absolute Gasteiger partial charge is 0.257 e. The average molecular weight is 556 g/mol. The molecule has 3 amide bonds. The topological polar surface area (TPSA) is 95.1 Å². The average Bonchev–Trinajstić information content (AvgIpc) is 3.13. The number of hydrogen-bond donors (Lipinski definition) is 1. The van der Waals surface area contributed by atoms with Crippen LogP contribution < -0.4 is 15.0 Å². The van der Waals surface area contributed by atoms with Gasteiger partial charge in [-0.05, 0) is 100 Å². The van der Waals surface area contributed by atoms with E-state index in [4.69, 9.17) is 4.74 Å². The summed E-state index contributed by atoms with van der Waals surface area (Å²) in [6.45, 7) is 5.34. The Labute approximate surface area is 241 Å². The molecule has 2 aromatic carbocycles. The van der Waals surface area contributed by atoms with Crippen molar-refractivity contribution in [3.63, 3.8) is 0 Å². The van der Waals surface area contributed by atoms with E-state index in [1.807, 2.05) is 42.2 Å². The third-order valence-corrected chi connectivity index (χ3v) is 8.00. The number of carbonyl (C=O) groups excluding carboxylic acids is 3. The van der Waals surface area contributed by atoms with E-state index in [9.17, 15) is 14.4 Å². The van der Waals surface area contributed by atoms with Crippen molar-refractivity contribution in [3.8, 4) is 5.75 Å². The van der Waals surface area contributed by atoms with Gasteiger partial charge in [0.25, 0.3) is 11.8 Å². The van der Waals surface area contributed by atoms with Crippen LogP contribution in [0.2, 0.25) is 0 Å². The molecule has 0 radical (unpaired) electrons. The van der Waals surface area contributed by atoms with Gasteiger partial charge >= 0.3 is 0 Å². The van der Waals surface area contributed by atoms with Crippen molar-refractivity contribution in [1.29, 1.82) is 0 Å². The molecule has 1 saturated heterocycles. The number of para-hydroxylation sites is 1. The van der Waals surface area contributed by atoms with Gasteiger partial charge in [0.15, 0.2) is 5.82 Å². The van der Waals surface area contributed by atoms with Gasteiger partial charge in [0.05, 0.1) is 30.6 Å². The molecule has 1 N–H and O–H groups in total. The summed E-state index contributed by atoms with van der Waals surface area (Å²) in [6, 6.07) is 17.9. The van der Waals surface area contributed by atoms with Crippen molar-refractivity contribution in [2.45, 2.75) is 32.6 Å². The minimum Gasteiger partial charge on any atom is -0.497 e. The molecule has 9 nitrogen and oxygen atoms in total. The molecule has 41 heavy (non-hydrogen) atoms. The summed E-state index contributed by atoms with van der Waals surface area (Å²) in [7, 11) is 1.62. The Balaban J connectivity index is 1.14. The van der Waals surface area contributed by atoms with Gasteiger partial charge in [-0.25, -0.2) is 4.98 Å². The van der Waals surface area contributed by atoms with Gasteiger partial charge in [0.1, 0.15) is 5.75 Å². The van der Waals surface area contributed by atoms with Gasteiger partial charge in [-0.15, -0.1) is 0 Å². The maximum Gasteiger partial charge on any atom is 0.257 e. The van der Waals surface area contributed by atoms with Crippen LogP contribution in [0.3, 0.4) is 0 Å². The quantitative estimate of drug-likeness (QED) is 0.400. The van der Waals surface area contributed by atoms with Gasteiger partial charge in [-0.2, -0.15) is 0 Å². The third kappa shape index (κ3) is 6.41. The molecule has 214 valence electrons. The molecular formula is C32H37N5O4. The van der Waals surface area contributed by atoms with E-state index in [1.54, 1.807) is 48.5 Å². The molecule has 0 saturated carbocycles. The minimum absolute atomic E-state index is 0.0477. The van der Waals surface area contributed by atoms with Crippen LogP contribution in [0, 0.1) is 5.92 Å². The van der Waals surface area contributed by atoms with E-state index in [1.165, 1.54) is 0 Å².